The zero-order valence-corrected chi connectivity index (χ0v) is 14.1. The molecule has 0 fully saturated rings. The quantitative estimate of drug-likeness (QED) is 0.637. The third-order valence-corrected chi connectivity index (χ3v) is 3.92. The number of rotatable bonds is 3. The number of aryl methyl sites for hydroxylation is 1. The molecule has 0 heterocycles. The summed E-state index contributed by atoms with van der Waals surface area (Å²) in [5.74, 6) is -0.256. The van der Waals surface area contributed by atoms with Gasteiger partial charge < -0.3 is 0 Å². The Morgan fingerprint density at radius 3 is 2.55 bits per heavy atom. The van der Waals surface area contributed by atoms with E-state index in [9.17, 15) is 4.79 Å². The van der Waals surface area contributed by atoms with Gasteiger partial charge in [0, 0.05) is 21.2 Å². The molecule has 1 amide bonds. The van der Waals surface area contributed by atoms with E-state index in [1.165, 1.54) is 0 Å². The molecule has 114 valence electrons. The number of carbonyl (C=O) groups is 1. The van der Waals surface area contributed by atoms with Crippen molar-refractivity contribution in [3.8, 4) is 0 Å². The molecule has 0 saturated carbocycles. The lowest BCUT2D eigenvalue weighted by atomic mass is 10.1. The maximum atomic E-state index is 12.1. The molecule has 0 radical (unpaired) electrons. The highest BCUT2D eigenvalue weighted by Gasteiger charge is 2.09. The monoisotopic (exact) mass is 334 g/mol. The average molecular weight is 335 g/mol. The molecule has 1 N–H and O–H groups in total. The number of hydrazone groups is 1. The van der Waals surface area contributed by atoms with Crippen molar-refractivity contribution in [2.45, 2.75) is 20.8 Å². The van der Waals surface area contributed by atoms with Gasteiger partial charge in [-0.15, -0.1) is 0 Å². The molecule has 2 aromatic carbocycles. The number of nitrogens with zero attached hydrogens (tertiary/aromatic N) is 1. The second-order valence-electron chi connectivity index (χ2n) is 5.07. The lowest BCUT2D eigenvalue weighted by Gasteiger charge is -2.09. The fraction of sp³-hybridized carbons (Fsp3) is 0.176. The number of amides is 1. The van der Waals surface area contributed by atoms with Crippen molar-refractivity contribution in [1.82, 2.24) is 5.43 Å². The van der Waals surface area contributed by atoms with Crippen LogP contribution in [0, 0.1) is 13.8 Å². The molecule has 0 unspecified atom stereocenters. The minimum Gasteiger partial charge on any atom is -0.267 e. The maximum Gasteiger partial charge on any atom is 0.271 e. The molecule has 0 bridgehead atoms. The number of carbonyl (C=O) groups excluding carboxylic acids is 1. The minimum atomic E-state index is -0.256. The number of halogens is 2. The topological polar surface area (TPSA) is 41.5 Å². The normalized spacial score (nSPS) is 11.4. The lowest BCUT2D eigenvalue weighted by molar-refractivity contribution is 0.0954. The van der Waals surface area contributed by atoms with Crippen LogP contribution in [-0.2, 0) is 0 Å². The molecule has 0 spiro atoms. The van der Waals surface area contributed by atoms with Gasteiger partial charge in [-0.25, -0.2) is 5.43 Å². The molecule has 0 aliphatic heterocycles. The molecule has 22 heavy (non-hydrogen) atoms. The third kappa shape index (κ3) is 3.87. The van der Waals surface area contributed by atoms with Crippen LogP contribution in [0.25, 0.3) is 0 Å². The van der Waals surface area contributed by atoms with Gasteiger partial charge in [-0.05, 0) is 50.6 Å². The Labute approximate surface area is 139 Å². The van der Waals surface area contributed by atoms with Crippen LogP contribution in [0.2, 0.25) is 10.0 Å². The van der Waals surface area contributed by atoms with E-state index in [4.69, 9.17) is 23.2 Å². The molecule has 5 heteroatoms. The summed E-state index contributed by atoms with van der Waals surface area (Å²) in [5.41, 5.74) is 6.46. The van der Waals surface area contributed by atoms with Crippen LogP contribution in [0.1, 0.15) is 34.0 Å². The molecule has 0 saturated heterocycles. The SMILES string of the molecule is C/C(=N\NC(=O)c1cccc(C)c1)c1cc(Cl)cc(Cl)c1C. The average Bonchev–Trinajstić information content (AvgIpc) is 2.48. The number of benzene rings is 2. The van der Waals surface area contributed by atoms with Crippen LogP contribution in [0.3, 0.4) is 0 Å². The molecule has 0 atom stereocenters. The van der Waals surface area contributed by atoms with E-state index < -0.39 is 0 Å². The highest BCUT2D eigenvalue weighted by molar-refractivity contribution is 6.35. The maximum absolute atomic E-state index is 12.1. The standard InChI is InChI=1S/C17H16Cl2N2O/c1-10-5-4-6-13(7-10)17(22)21-20-12(3)15-8-14(18)9-16(19)11(15)2/h4-9H,1-3H3,(H,21,22)/b20-12+. The fourth-order valence-corrected chi connectivity index (χ4v) is 2.56. The molecule has 0 aliphatic rings. The first-order chi connectivity index (χ1) is 10.4. The summed E-state index contributed by atoms with van der Waals surface area (Å²) in [6.07, 6.45) is 0. The summed E-state index contributed by atoms with van der Waals surface area (Å²) >= 11 is 12.1. The Hall–Kier alpha value is -1.84. The van der Waals surface area contributed by atoms with Crippen molar-refractivity contribution in [3.63, 3.8) is 0 Å². The van der Waals surface area contributed by atoms with Gasteiger partial charge >= 0.3 is 0 Å². The van der Waals surface area contributed by atoms with E-state index in [2.05, 4.69) is 10.5 Å². The van der Waals surface area contributed by atoms with Crippen molar-refractivity contribution in [2.24, 2.45) is 5.10 Å². The van der Waals surface area contributed by atoms with Gasteiger partial charge in [0.2, 0.25) is 0 Å². The summed E-state index contributed by atoms with van der Waals surface area (Å²) < 4.78 is 0. The van der Waals surface area contributed by atoms with Gasteiger partial charge in [-0.1, -0.05) is 40.9 Å². The first-order valence-electron chi connectivity index (χ1n) is 6.76. The molecular formula is C17H16Cl2N2O. The molecule has 2 rings (SSSR count). The molecular weight excluding hydrogens is 319 g/mol. The van der Waals surface area contributed by atoms with Gasteiger partial charge in [0.25, 0.3) is 5.91 Å². The van der Waals surface area contributed by atoms with E-state index in [0.29, 0.717) is 21.3 Å². The van der Waals surface area contributed by atoms with E-state index in [-0.39, 0.29) is 5.91 Å². The van der Waals surface area contributed by atoms with Gasteiger partial charge in [0.05, 0.1) is 5.71 Å². The van der Waals surface area contributed by atoms with E-state index >= 15 is 0 Å². The molecule has 0 aromatic heterocycles. The molecule has 2 aromatic rings. The number of hydrogen-bond donors (Lipinski definition) is 1. The van der Waals surface area contributed by atoms with Gasteiger partial charge in [0.1, 0.15) is 0 Å². The van der Waals surface area contributed by atoms with Crippen molar-refractivity contribution in [2.75, 3.05) is 0 Å². The smallest absolute Gasteiger partial charge is 0.267 e. The molecule has 0 aliphatic carbocycles. The van der Waals surface area contributed by atoms with E-state index in [1.54, 1.807) is 25.1 Å². The number of hydrogen-bond acceptors (Lipinski definition) is 2. The van der Waals surface area contributed by atoms with Crippen LogP contribution in [0.15, 0.2) is 41.5 Å². The lowest BCUT2D eigenvalue weighted by Crippen LogP contribution is -2.19. The zero-order valence-electron chi connectivity index (χ0n) is 12.6. The summed E-state index contributed by atoms with van der Waals surface area (Å²) in [5, 5.41) is 5.25. The fourth-order valence-electron chi connectivity index (χ4n) is 2.07. The van der Waals surface area contributed by atoms with E-state index in [0.717, 1.165) is 16.7 Å². The minimum absolute atomic E-state index is 0.256. The zero-order chi connectivity index (χ0) is 16.3. The summed E-state index contributed by atoms with van der Waals surface area (Å²) in [7, 11) is 0. The van der Waals surface area contributed by atoms with Crippen molar-refractivity contribution in [1.29, 1.82) is 0 Å². The van der Waals surface area contributed by atoms with Gasteiger partial charge in [0.15, 0.2) is 0 Å². The largest absolute Gasteiger partial charge is 0.271 e. The predicted octanol–water partition coefficient (Wildman–Crippen LogP) is 4.76. The first-order valence-corrected chi connectivity index (χ1v) is 7.51. The summed E-state index contributed by atoms with van der Waals surface area (Å²) in [6.45, 7) is 5.61. The van der Waals surface area contributed by atoms with Crippen molar-refractivity contribution in [3.05, 3.63) is 68.7 Å². The van der Waals surface area contributed by atoms with Crippen LogP contribution in [-0.4, -0.2) is 11.6 Å². The highest BCUT2D eigenvalue weighted by atomic mass is 35.5. The van der Waals surface area contributed by atoms with Crippen molar-refractivity contribution >= 4 is 34.8 Å². The Morgan fingerprint density at radius 1 is 1.14 bits per heavy atom. The second kappa shape index (κ2) is 6.95. The second-order valence-corrected chi connectivity index (χ2v) is 5.91. The van der Waals surface area contributed by atoms with Crippen LogP contribution in [0.4, 0.5) is 0 Å². The van der Waals surface area contributed by atoms with Crippen LogP contribution < -0.4 is 5.43 Å². The summed E-state index contributed by atoms with van der Waals surface area (Å²) in [6, 6.07) is 10.8. The Balaban J connectivity index is 2.22. The Kier molecular flexibility index (Phi) is 5.22. The van der Waals surface area contributed by atoms with E-state index in [1.807, 2.05) is 32.0 Å². The van der Waals surface area contributed by atoms with Gasteiger partial charge in [-0.3, -0.25) is 4.79 Å². The summed E-state index contributed by atoms with van der Waals surface area (Å²) in [4.78, 5) is 12.1. The Bertz CT molecular complexity index is 754. The first kappa shape index (κ1) is 16.5. The highest BCUT2D eigenvalue weighted by Crippen LogP contribution is 2.25. The van der Waals surface area contributed by atoms with Crippen molar-refractivity contribution < 1.29 is 4.79 Å². The predicted molar refractivity (Wildman–Crippen MR) is 92.1 cm³/mol. The molecule has 3 nitrogen and oxygen atoms in total. The van der Waals surface area contributed by atoms with Crippen LogP contribution >= 0.6 is 23.2 Å². The van der Waals surface area contributed by atoms with Gasteiger partial charge in [-0.2, -0.15) is 5.10 Å². The third-order valence-electron chi connectivity index (χ3n) is 3.30. The van der Waals surface area contributed by atoms with Crippen LogP contribution in [0.5, 0.6) is 0 Å². The number of nitrogens with one attached hydrogen (secondary N) is 1. The Morgan fingerprint density at radius 2 is 1.86 bits per heavy atom.